The minimum Gasteiger partial charge on any atom is -0.372 e. The molecule has 5 heteroatoms. The summed E-state index contributed by atoms with van der Waals surface area (Å²) in [5.74, 6) is 0.0506. The van der Waals surface area contributed by atoms with Gasteiger partial charge in [-0.1, -0.05) is 6.07 Å². The fraction of sp³-hybridized carbons (Fsp3) is 0.389. The summed E-state index contributed by atoms with van der Waals surface area (Å²) in [7, 11) is 2.04. The van der Waals surface area contributed by atoms with E-state index in [1.807, 2.05) is 25.2 Å². The highest BCUT2D eigenvalue weighted by atomic mass is 32.1. The predicted molar refractivity (Wildman–Crippen MR) is 98.4 cm³/mol. The summed E-state index contributed by atoms with van der Waals surface area (Å²) >= 11 is 1.73. The highest BCUT2D eigenvalue weighted by Crippen LogP contribution is 2.17. The van der Waals surface area contributed by atoms with E-state index in [1.54, 1.807) is 11.3 Å². The fourth-order valence-corrected chi connectivity index (χ4v) is 3.42. The van der Waals surface area contributed by atoms with Crippen LogP contribution in [0.1, 0.15) is 18.7 Å². The van der Waals surface area contributed by atoms with Gasteiger partial charge in [-0.15, -0.1) is 11.3 Å². The van der Waals surface area contributed by atoms with Crippen LogP contribution in [-0.2, 0) is 11.3 Å². The average Bonchev–Trinajstić information content (AvgIpc) is 3.02. The molecule has 2 N–H and O–H groups in total. The lowest BCUT2D eigenvalue weighted by Crippen LogP contribution is -3.08. The van der Waals surface area contributed by atoms with Crippen LogP contribution in [0.3, 0.4) is 0 Å². The highest BCUT2D eigenvalue weighted by Gasteiger charge is 2.11. The molecule has 23 heavy (non-hydrogen) atoms. The van der Waals surface area contributed by atoms with E-state index in [4.69, 9.17) is 0 Å². The number of benzene rings is 1. The van der Waals surface area contributed by atoms with Gasteiger partial charge in [-0.25, -0.2) is 0 Å². The second-order valence-electron chi connectivity index (χ2n) is 5.66. The van der Waals surface area contributed by atoms with Gasteiger partial charge in [0.2, 0.25) is 0 Å². The predicted octanol–water partition coefficient (Wildman–Crippen LogP) is 2.25. The van der Waals surface area contributed by atoms with Gasteiger partial charge in [0, 0.05) is 24.5 Å². The molecule has 0 saturated heterocycles. The van der Waals surface area contributed by atoms with Crippen molar-refractivity contribution in [2.75, 3.05) is 36.9 Å². The highest BCUT2D eigenvalue weighted by molar-refractivity contribution is 7.09. The Morgan fingerprint density at radius 2 is 1.87 bits per heavy atom. The van der Waals surface area contributed by atoms with Gasteiger partial charge in [0.05, 0.1) is 11.9 Å². The number of rotatable bonds is 8. The quantitative estimate of drug-likeness (QED) is 0.778. The Morgan fingerprint density at radius 1 is 1.17 bits per heavy atom. The van der Waals surface area contributed by atoms with Gasteiger partial charge in [0.15, 0.2) is 6.54 Å². The lowest BCUT2D eigenvalue weighted by Gasteiger charge is -2.21. The van der Waals surface area contributed by atoms with Gasteiger partial charge < -0.3 is 15.1 Å². The summed E-state index contributed by atoms with van der Waals surface area (Å²) in [6.07, 6.45) is 0. The largest absolute Gasteiger partial charge is 0.372 e. The molecule has 0 saturated carbocycles. The third-order valence-electron chi connectivity index (χ3n) is 3.80. The van der Waals surface area contributed by atoms with Crippen LogP contribution in [0.5, 0.6) is 0 Å². The molecule has 0 aliphatic heterocycles. The Morgan fingerprint density at radius 3 is 2.43 bits per heavy atom. The van der Waals surface area contributed by atoms with Gasteiger partial charge in [-0.2, -0.15) is 0 Å². The summed E-state index contributed by atoms with van der Waals surface area (Å²) < 4.78 is 0. The van der Waals surface area contributed by atoms with Crippen molar-refractivity contribution in [3.8, 4) is 0 Å². The molecule has 0 spiro atoms. The molecule has 0 aliphatic rings. The van der Waals surface area contributed by atoms with Crippen molar-refractivity contribution in [1.29, 1.82) is 0 Å². The second-order valence-corrected chi connectivity index (χ2v) is 6.69. The van der Waals surface area contributed by atoms with Gasteiger partial charge in [-0.05, 0) is 49.6 Å². The van der Waals surface area contributed by atoms with Crippen LogP contribution < -0.4 is 15.1 Å². The number of carbonyl (C=O) groups is 1. The smallest absolute Gasteiger partial charge is 0.279 e. The van der Waals surface area contributed by atoms with Crippen molar-refractivity contribution < 1.29 is 9.69 Å². The maximum absolute atomic E-state index is 12.1. The van der Waals surface area contributed by atoms with Gasteiger partial charge in [-0.3, -0.25) is 4.79 Å². The van der Waals surface area contributed by atoms with Gasteiger partial charge >= 0.3 is 0 Å². The van der Waals surface area contributed by atoms with Crippen LogP contribution in [0.15, 0.2) is 41.8 Å². The van der Waals surface area contributed by atoms with E-state index < -0.39 is 0 Å². The van der Waals surface area contributed by atoms with Crippen molar-refractivity contribution in [3.63, 3.8) is 0 Å². The monoisotopic (exact) mass is 332 g/mol. The third kappa shape index (κ3) is 5.37. The number of thiophene rings is 1. The van der Waals surface area contributed by atoms with Gasteiger partial charge in [0.1, 0.15) is 6.54 Å². The first-order chi connectivity index (χ1) is 11.1. The van der Waals surface area contributed by atoms with Crippen LogP contribution in [-0.4, -0.2) is 32.6 Å². The Labute approximate surface area is 142 Å². The van der Waals surface area contributed by atoms with Gasteiger partial charge in [0.25, 0.3) is 5.91 Å². The Kier molecular flexibility index (Phi) is 6.62. The molecule has 1 amide bonds. The first kappa shape index (κ1) is 17.5. The topological polar surface area (TPSA) is 36.8 Å². The Hall–Kier alpha value is -1.85. The number of likely N-dealkylation sites (N-methyl/N-ethyl adjacent to an activating group) is 1. The molecule has 1 aromatic carbocycles. The number of amides is 1. The lowest BCUT2D eigenvalue weighted by molar-refractivity contribution is -0.884. The molecule has 0 fully saturated rings. The number of hydrogen-bond donors (Lipinski definition) is 2. The Bertz CT molecular complexity index is 591. The van der Waals surface area contributed by atoms with Crippen molar-refractivity contribution >= 4 is 28.6 Å². The van der Waals surface area contributed by atoms with Crippen LogP contribution >= 0.6 is 11.3 Å². The summed E-state index contributed by atoms with van der Waals surface area (Å²) in [5, 5.41) is 5.05. The number of quaternary nitrogens is 1. The molecule has 1 heterocycles. The summed E-state index contributed by atoms with van der Waals surface area (Å²) in [6, 6.07) is 12.2. The molecule has 0 bridgehead atoms. The van der Waals surface area contributed by atoms with Crippen LogP contribution in [0.25, 0.3) is 0 Å². The van der Waals surface area contributed by atoms with Crippen LogP contribution in [0, 0.1) is 0 Å². The van der Waals surface area contributed by atoms with Crippen LogP contribution in [0.4, 0.5) is 11.4 Å². The maximum Gasteiger partial charge on any atom is 0.279 e. The molecule has 1 unspecified atom stereocenters. The molecule has 0 aliphatic carbocycles. The lowest BCUT2D eigenvalue weighted by atomic mass is 10.2. The fourth-order valence-electron chi connectivity index (χ4n) is 2.60. The van der Waals surface area contributed by atoms with Crippen molar-refractivity contribution in [1.82, 2.24) is 0 Å². The first-order valence-electron chi connectivity index (χ1n) is 8.11. The summed E-state index contributed by atoms with van der Waals surface area (Å²) in [6.45, 7) is 7.61. The molecule has 2 aromatic rings. The Balaban J connectivity index is 1.85. The van der Waals surface area contributed by atoms with E-state index in [9.17, 15) is 4.79 Å². The average molecular weight is 332 g/mol. The minimum absolute atomic E-state index is 0.0506. The van der Waals surface area contributed by atoms with Crippen molar-refractivity contribution in [3.05, 3.63) is 46.7 Å². The molecule has 1 atom stereocenters. The SMILES string of the molecule is CCN(CC)c1ccc(NC(=O)C[NH+](C)Cc2cccs2)cc1. The molecule has 124 valence electrons. The maximum atomic E-state index is 12.1. The number of hydrogen-bond acceptors (Lipinski definition) is 3. The molecular formula is C18H26N3OS+. The minimum atomic E-state index is 0.0506. The van der Waals surface area contributed by atoms with E-state index in [2.05, 4.69) is 47.6 Å². The molecule has 4 nitrogen and oxygen atoms in total. The van der Waals surface area contributed by atoms with E-state index >= 15 is 0 Å². The number of carbonyl (C=O) groups excluding carboxylic acids is 1. The van der Waals surface area contributed by atoms with E-state index in [0.717, 1.165) is 25.3 Å². The standard InChI is InChI=1S/C18H25N3OS/c1-4-21(5-2)16-10-8-15(9-11-16)19-18(22)14-20(3)13-17-7-6-12-23-17/h6-12H,4-5,13-14H2,1-3H3,(H,19,22)/p+1. The normalized spacial score (nSPS) is 12.0. The van der Waals surface area contributed by atoms with Crippen molar-refractivity contribution in [2.45, 2.75) is 20.4 Å². The zero-order valence-electron chi connectivity index (χ0n) is 14.1. The molecular weight excluding hydrogens is 306 g/mol. The first-order valence-corrected chi connectivity index (χ1v) is 8.98. The zero-order valence-corrected chi connectivity index (χ0v) is 15.0. The number of nitrogens with one attached hydrogen (secondary N) is 2. The van der Waals surface area contributed by atoms with E-state index in [0.29, 0.717) is 6.54 Å². The summed E-state index contributed by atoms with van der Waals surface area (Å²) in [4.78, 5) is 16.9. The molecule has 2 rings (SSSR count). The number of nitrogens with zero attached hydrogens (tertiary/aromatic N) is 1. The summed E-state index contributed by atoms with van der Waals surface area (Å²) in [5.41, 5.74) is 2.04. The van der Waals surface area contributed by atoms with E-state index in [1.165, 1.54) is 15.5 Å². The molecule has 0 radical (unpaired) electrons. The van der Waals surface area contributed by atoms with Crippen molar-refractivity contribution in [2.24, 2.45) is 0 Å². The zero-order chi connectivity index (χ0) is 16.7. The molecule has 1 aromatic heterocycles. The second kappa shape index (κ2) is 8.70. The number of anilines is 2. The van der Waals surface area contributed by atoms with Crippen LogP contribution in [0.2, 0.25) is 0 Å². The van der Waals surface area contributed by atoms with E-state index in [-0.39, 0.29) is 5.91 Å². The third-order valence-corrected chi connectivity index (χ3v) is 4.67.